The Morgan fingerprint density at radius 3 is 2.11 bits per heavy atom. The van der Waals surface area contributed by atoms with Crippen molar-refractivity contribution in [3.8, 4) is 5.69 Å². The van der Waals surface area contributed by atoms with Gasteiger partial charge in [-0.2, -0.15) is 5.10 Å². The van der Waals surface area contributed by atoms with Crippen molar-refractivity contribution in [2.24, 2.45) is 5.10 Å². The van der Waals surface area contributed by atoms with Crippen molar-refractivity contribution in [2.45, 2.75) is 32.6 Å². The molecule has 1 N–H and O–H groups in total. The van der Waals surface area contributed by atoms with E-state index in [9.17, 15) is 13.2 Å². The van der Waals surface area contributed by atoms with Crippen molar-refractivity contribution in [3.05, 3.63) is 113 Å². The number of aryl methyl sites for hydroxylation is 3. The van der Waals surface area contributed by atoms with Gasteiger partial charge in [0.05, 0.1) is 16.8 Å². The monoisotopic (exact) mass is 514 g/mol. The number of sulfonamides is 1. The second-order valence-electron chi connectivity index (χ2n) is 8.95. The third-order valence-electron chi connectivity index (χ3n) is 6.10. The Morgan fingerprint density at radius 1 is 0.892 bits per heavy atom. The molecule has 190 valence electrons. The van der Waals surface area contributed by atoms with Crippen LogP contribution in [0.25, 0.3) is 5.69 Å². The summed E-state index contributed by atoms with van der Waals surface area (Å²) < 4.78 is 30.0. The molecule has 4 aromatic rings. The van der Waals surface area contributed by atoms with Crippen LogP contribution in [0, 0.1) is 27.7 Å². The van der Waals surface area contributed by atoms with Crippen LogP contribution in [-0.4, -0.2) is 31.7 Å². The molecule has 37 heavy (non-hydrogen) atoms. The number of rotatable bonds is 8. The van der Waals surface area contributed by atoms with E-state index < -0.39 is 22.5 Å². The highest BCUT2D eigenvalue weighted by Crippen LogP contribution is 2.24. The maximum absolute atomic E-state index is 13.4. The average molecular weight is 515 g/mol. The van der Waals surface area contributed by atoms with Gasteiger partial charge in [0, 0.05) is 22.6 Å². The fourth-order valence-electron chi connectivity index (χ4n) is 4.09. The van der Waals surface area contributed by atoms with Crippen molar-refractivity contribution < 1.29 is 13.2 Å². The molecule has 0 aliphatic carbocycles. The summed E-state index contributed by atoms with van der Waals surface area (Å²) in [4.78, 5) is 12.9. The number of hydrogen-bond acceptors (Lipinski definition) is 4. The molecule has 3 aromatic carbocycles. The molecule has 0 saturated carbocycles. The number of nitrogens with one attached hydrogen (secondary N) is 1. The van der Waals surface area contributed by atoms with Crippen LogP contribution in [0.2, 0.25) is 0 Å². The number of benzene rings is 3. The van der Waals surface area contributed by atoms with Gasteiger partial charge >= 0.3 is 0 Å². The molecular weight excluding hydrogens is 484 g/mol. The number of nitrogens with zero attached hydrogens (tertiary/aromatic N) is 3. The minimum atomic E-state index is -3.96. The zero-order valence-electron chi connectivity index (χ0n) is 21.3. The Labute approximate surface area is 218 Å². The second kappa shape index (κ2) is 10.8. The van der Waals surface area contributed by atoms with E-state index >= 15 is 0 Å². The Balaban J connectivity index is 1.53. The third-order valence-corrected chi connectivity index (χ3v) is 7.88. The van der Waals surface area contributed by atoms with Crippen LogP contribution >= 0.6 is 0 Å². The van der Waals surface area contributed by atoms with E-state index in [0.29, 0.717) is 5.69 Å². The molecule has 7 nitrogen and oxygen atoms in total. The molecule has 0 unspecified atom stereocenters. The number of amides is 1. The topological polar surface area (TPSA) is 83.8 Å². The Morgan fingerprint density at radius 2 is 1.49 bits per heavy atom. The van der Waals surface area contributed by atoms with Crippen LogP contribution in [-0.2, 0) is 14.8 Å². The van der Waals surface area contributed by atoms with Gasteiger partial charge in [-0.05, 0) is 70.2 Å². The zero-order valence-corrected chi connectivity index (χ0v) is 22.2. The fraction of sp³-hybridized carbons (Fsp3) is 0.172. The van der Waals surface area contributed by atoms with E-state index in [1.54, 1.807) is 36.5 Å². The fourth-order valence-corrected chi connectivity index (χ4v) is 5.54. The van der Waals surface area contributed by atoms with Crippen LogP contribution < -0.4 is 9.73 Å². The van der Waals surface area contributed by atoms with E-state index in [4.69, 9.17) is 0 Å². The summed E-state index contributed by atoms with van der Waals surface area (Å²) in [6, 6.07) is 25.3. The first-order valence-electron chi connectivity index (χ1n) is 11.9. The van der Waals surface area contributed by atoms with Crippen molar-refractivity contribution in [1.29, 1.82) is 0 Å². The first-order chi connectivity index (χ1) is 17.7. The lowest BCUT2D eigenvalue weighted by atomic mass is 10.2. The number of carbonyl (C=O) groups is 1. The van der Waals surface area contributed by atoms with Gasteiger partial charge < -0.3 is 4.57 Å². The van der Waals surface area contributed by atoms with Gasteiger partial charge in [0.15, 0.2) is 0 Å². The molecule has 0 saturated heterocycles. The predicted molar refractivity (Wildman–Crippen MR) is 148 cm³/mol. The summed E-state index contributed by atoms with van der Waals surface area (Å²) in [6.07, 6.45) is 1.58. The summed E-state index contributed by atoms with van der Waals surface area (Å²) in [7, 11) is -3.96. The van der Waals surface area contributed by atoms with Crippen LogP contribution in [0.3, 0.4) is 0 Å². The van der Waals surface area contributed by atoms with Crippen LogP contribution in [0.1, 0.15) is 28.1 Å². The van der Waals surface area contributed by atoms with Crippen LogP contribution in [0.15, 0.2) is 94.9 Å². The van der Waals surface area contributed by atoms with Crippen molar-refractivity contribution in [3.63, 3.8) is 0 Å². The molecule has 0 atom stereocenters. The first-order valence-corrected chi connectivity index (χ1v) is 13.3. The molecule has 0 aliphatic heterocycles. The molecule has 0 bridgehead atoms. The van der Waals surface area contributed by atoms with Gasteiger partial charge in [-0.1, -0.05) is 53.6 Å². The van der Waals surface area contributed by atoms with Crippen LogP contribution in [0.4, 0.5) is 5.69 Å². The normalized spacial score (nSPS) is 11.6. The Hall–Kier alpha value is -4.17. The summed E-state index contributed by atoms with van der Waals surface area (Å²) in [5.41, 5.74) is 8.96. The lowest BCUT2D eigenvalue weighted by Gasteiger charge is -2.23. The maximum Gasteiger partial charge on any atom is 0.264 e. The number of anilines is 1. The lowest BCUT2D eigenvalue weighted by molar-refractivity contribution is -0.119. The number of carbonyl (C=O) groups excluding carboxylic acids is 1. The Kier molecular flexibility index (Phi) is 7.59. The van der Waals surface area contributed by atoms with Gasteiger partial charge in [-0.15, -0.1) is 0 Å². The lowest BCUT2D eigenvalue weighted by Crippen LogP contribution is -2.39. The second-order valence-corrected chi connectivity index (χ2v) is 10.8. The van der Waals surface area contributed by atoms with E-state index in [1.165, 1.54) is 17.7 Å². The molecule has 0 radical (unpaired) electrons. The van der Waals surface area contributed by atoms with Crippen molar-refractivity contribution in [1.82, 2.24) is 9.99 Å². The summed E-state index contributed by atoms with van der Waals surface area (Å²) >= 11 is 0. The first kappa shape index (κ1) is 25.9. The minimum absolute atomic E-state index is 0.107. The molecule has 0 aliphatic rings. The summed E-state index contributed by atoms with van der Waals surface area (Å²) in [5, 5.41) is 4.12. The van der Waals surface area contributed by atoms with E-state index in [1.807, 2.05) is 45.9 Å². The maximum atomic E-state index is 13.4. The van der Waals surface area contributed by atoms with Crippen molar-refractivity contribution >= 4 is 27.8 Å². The van der Waals surface area contributed by atoms with E-state index in [-0.39, 0.29) is 4.90 Å². The SMILES string of the molecule is Cc1ccc(N(CC(=O)N/N=C/c2cc(C)n(-c3ccc(C)cc3)c2C)S(=O)(=O)c2ccccc2)cc1. The average Bonchev–Trinajstić information content (AvgIpc) is 3.17. The largest absolute Gasteiger partial charge is 0.318 e. The number of hydrazone groups is 1. The molecule has 8 heteroatoms. The van der Waals surface area contributed by atoms with Gasteiger partial charge in [0.2, 0.25) is 0 Å². The molecule has 1 aromatic heterocycles. The van der Waals surface area contributed by atoms with Gasteiger partial charge in [0.25, 0.3) is 15.9 Å². The predicted octanol–water partition coefficient (Wildman–Crippen LogP) is 5.06. The number of aromatic nitrogens is 1. The van der Waals surface area contributed by atoms with Gasteiger partial charge in [0.1, 0.15) is 6.54 Å². The Bertz CT molecular complexity index is 1520. The molecule has 1 heterocycles. The molecule has 0 fully saturated rings. The summed E-state index contributed by atoms with van der Waals surface area (Å²) in [6.45, 7) is 7.54. The standard InChI is InChI=1S/C29H30N4O3S/c1-21-10-14-26(15-11-21)32(37(35,36)28-8-6-5-7-9-28)20-29(34)31-30-19-25-18-23(3)33(24(25)4)27-16-12-22(2)13-17-27/h5-19H,20H2,1-4H3,(H,31,34)/b30-19+. The van der Waals surface area contributed by atoms with E-state index in [2.05, 4.69) is 39.4 Å². The van der Waals surface area contributed by atoms with Crippen molar-refractivity contribution in [2.75, 3.05) is 10.8 Å². The molecule has 0 spiro atoms. The molecule has 4 rings (SSSR count). The zero-order chi connectivity index (χ0) is 26.6. The highest BCUT2D eigenvalue weighted by Gasteiger charge is 2.27. The summed E-state index contributed by atoms with van der Waals surface area (Å²) in [5.74, 6) is -0.552. The van der Waals surface area contributed by atoms with Gasteiger partial charge in [-0.3, -0.25) is 9.10 Å². The highest BCUT2D eigenvalue weighted by atomic mass is 32.2. The quantitative estimate of drug-likeness (QED) is 0.264. The van der Waals surface area contributed by atoms with Crippen LogP contribution in [0.5, 0.6) is 0 Å². The highest BCUT2D eigenvalue weighted by molar-refractivity contribution is 7.92. The molecular formula is C29H30N4O3S. The minimum Gasteiger partial charge on any atom is -0.318 e. The number of hydrogen-bond donors (Lipinski definition) is 1. The van der Waals surface area contributed by atoms with E-state index in [0.717, 1.165) is 32.5 Å². The third kappa shape index (κ3) is 5.81. The molecule has 1 amide bonds. The van der Waals surface area contributed by atoms with Gasteiger partial charge in [-0.25, -0.2) is 13.8 Å². The smallest absolute Gasteiger partial charge is 0.264 e.